The number of thioether (sulfide) groups is 1. The summed E-state index contributed by atoms with van der Waals surface area (Å²) in [6, 6.07) is 16.3. The molecule has 0 radical (unpaired) electrons. The summed E-state index contributed by atoms with van der Waals surface area (Å²) in [6.07, 6.45) is 4.00. The predicted molar refractivity (Wildman–Crippen MR) is 82.1 cm³/mol. The van der Waals surface area contributed by atoms with Gasteiger partial charge in [0.05, 0.1) is 0 Å². The van der Waals surface area contributed by atoms with Gasteiger partial charge in [0.2, 0.25) is 0 Å². The van der Waals surface area contributed by atoms with Crippen LogP contribution in [0, 0.1) is 0 Å². The van der Waals surface area contributed by atoms with Crippen molar-refractivity contribution in [2.24, 2.45) is 5.73 Å². The van der Waals surface area contributed by atoms with Gasteiger partial charge in [-0.15, -0.1) is 11.8 Å². The first-order valence-corrected chi connectivity index (χ1v) is 7.66. The normalized spacial score (nSPS) is 10.4. The Labute approximate surface area is 119 Å². The molecular weight excluding hydrogens is 254 g/mol. The molecule has 19 heavy (non-hydrogen) atoms. The van der Waals surface area contributed by atoms with Crippen LogP contribution in [0.15, 0.2) is 53.4 Å². The van der Waals surface area contributed by atoms with E-state index in [1.165, 1.54) is 10.5 Å². The molecule has 2 aromatic carbocycles. The molecule has 0 spiro atoms. The third-order valence-corrected chi connectivity index (χ3v) is 3.65. The van der Waals surface area contributed by atoms with Crippen LogP contribution < -0.4 is 10.5 Å². The third-order valence-electron chi connectivity index (χ3n) is 2.91. The van der Waals surface area contributed by atoms with Crippen LogP contribution in [0.5, 0.6) is 11.5 Å². The van der Waals surface area contributed by atoms with E-state index < -0.39 is 0 Å². The lowest BCUT2D eigenvalue weighted by Gasteiger charge is -2.11. The molecule has 0 heterocycles. The Balaban J connectivity index is 2.12. The summed E-state index contributed by atoms with van der Waals surface area (Å²) in [6.45, 7) is 0.705. The van der Waals surface area contributed by atoms with E-state index in [0.717, 1.165) is 24.3 Å². The number of hydrogen-bond donors (Lipinski definition) is 1. The molecule has 0 aliphatic rings. The predicted octanol–water partition coefficient (Wildman–Crippen LogP) is 4.09. The Morgan fingerprint density at radius 3 is 2.47 bits per heavy atom. The highest BCUT2D eigenvalue weighted by Crippen LogP contribution is 2.27. The van der Waals surface area contributed by atoms with E-state index in [9.17, 15) is 0 Å². The summed E-state index contributed by atoms with van der Waals surface area (Å²) in [7, 11) is 0. The lowest BCUT2D eigenvalue weighted by Crippen LogP contribution is -2.01. The minimum atomic E-state index is 0.705. The number of benzene rings is 2. The van der Waals surface area contributed by atoms with E-state index in [-0.39, 0.29) is 0 Å². The molecule has 3 heteroatoms. The number of para-hydroxylation sites is 1. The highest BCUT2D eigenvalue weighted by atomic mass is 32.2. The molecular formula is C16H19NOS. The van der Waals surface area contributed by atoms with Gasteiger partial charge in [-0.05, 0) is 61.5 Å². The average molecular weight is 273 g/mol. The minimum Gasteiger partial charge on any atom is -0.457 e. The maximum absolute atomic E-state index is 5.96. The quantitative estimate of drug-likeness (QED) is 0.805. The van der Waals surface area contributed by atoms with Crippen molar-refractivity contribution in [2.75, 3.05) is 12.8 Å². The van der Waals surface area contributed by atoms with Crippen LogP contribution in [-0.2, 0) is 6.42 Å². The van der Waals surface area contributed by atoms with Gasteiger partial charge in [-0.1, -0.05) is 18.2 Å². The smallest absolute Gasteiger partial charge is 0.130 e. The SMILES string of the molecule is CSc1ccc(Oc2ccccc2CCCN)cc1. The molecule has 0 amide bonds. The summed E-state index contributed by atoms with van der Waals surface area (Å²) in [5.74, 6) is 1.80. The van der Waals surface area contributed by atoms with Crippen LogP contribution in [-0.4, -0.2) is 12.8 Å². The van der Waals surface area contributed by atoms with Crippen molar-refractivity contribution in [1.29, 1.82) is 0 Å². The lowest BCUT2D eigenvalue weighted by molar-refractivity contribution is 0.475. The first-order chi connectivity index (χ1) is 9.33. The Morgan fingerprint density at radius 2 is 1.79 bits per heavy atom. The summed E-state index contributed by atoms with van der Waals surface area (Å²) in [4.78, 5) is 1.24. The zero-order chi connectivity index (χ0) is 13.5. The fourth-order valence-corrected chi connectivity index (χ4v) is 2.28. The Hall–Kier alpha value is -1.45. The van der Waals surface area contributed by atoms with Gasteiger partial charge in [-0.25, -0.2) is 0 Å². The monoisotopic (exact) mass is 273 g/mol. The molecule has 2 aromatic rings. The van der Waals surface area contributed by atoms with Crippen molar-refractivity contribution >= 4 is 11.8 Å². The van der Waals surface area contributed by atoms with Gasteiger partial charge in [-0.2, -0.15) is 0 Å². The van der Waals surface area contributed by atoms with E-state index in [1.54, 1.807) is 11.8 Å². The Morgan fingerprint density at radius 1 is 1.05 bits per heavy atom. The van der Waals surface area contributed by atoms with Gasteiger partial charge in [0.25, 0.3) is 0 Å². The number of rotatable bonds is 6. The zero-order valence-electron chi connectivity index (χ0n) is 11.1. The summed E-state index contributed by atoms with van der Waals surface area (Å²) < 4.78 is 5.96. The van der Waals surface area contributed by atoms with Crippen LogP contribution in [0.3, 0.4) is 0 Å². The van der Waals surface area contributed by atoms with E-state index in [4.69, 9.17) is 10.5 Å². The fraction of sp³-hybridized carbons (Fsp3) is 0.250. The second-order valence-corrected chi connectivity index (χ2v) is 5.16. The van der Waals surface area contributed by atoms with Crippen molar-refractivity contribution in [3.8, 4) is 11.5 Å². The highest BCUT2D eigenvalue weighted by molar-refractivity contribution is 7.98. The van der Waals surface area contributed by atoms with Crippen molar-refractivity contribution < 1.29 is 4.74 Å². The maximum atomic E-state index is 5.96. The van der Waals surface area contributed by atoms with Crippen molar-refractivity contribution in [2.45, 2.75) is 17.7 Å². The molecule has 0 saturated carbocycles. The van der Waals surface area contributed by atoms with Gasteiger partial charge in [0.15, 0.2) is 0 Å². The standard InChI is InChI=1S/C16H19NOS/c1-19-15-10-8-14(9-11-15)18-16-7-3-2-5-13(16)6-4-12-17/h2-3,5,7-11H,4,6,12,17H2,1H3. The van der Waals surface area contributed by atoms with E-state index in [1.807, 2.05) is 30.3 Å². The number of nitrogens with two attached hydrogens (primary N) is 1. The molecule has 0 unspecified atom stereocenters. The van der Waals surface area contributed by atoms with Gasteiger partial charge in [0, 0.05) is 4.90 Å². The summed E-state index contributed by atoms with van der Waals surface area (Å²) in [5.41, 5.74) is 6.78. The third kappa shape index (κ3) is 4.01. The molecule has 0 atom stereocenters. The first-order valence-electron chi connectivity index (χ1n) is 6.43. The minimum absolute atomic E-state index is 0.705. The van der Waals surface area contributed by atoms with Gasteiger partial charge < -0.3 is 10.5 Å². The largest absolute Gasteiger partial charge is 0.457 e. The molecule has 0 aliphatic heterocycles. The van der Waals surface area contributed by atoms with Crippen molar-refractivity contribution in [3.05, 3.63) is 54.1 Å². The summed E-state index contributed by atoms with van der Waals surface area (Å²) >= 11 is 1.73. The molecule has 0 aromatic heterocycles. The Bertz CT molecular complexity index is 510. The molecule has 2 rings (SSSR count). The second-order valence-electron chi connectivity index (χ2n) is 4.28. The number of aryl methyl sites for hydroxylation is 1. The van der Waals surface area contributed by atoms with Crippen LogP contribution in [0.25, 0.3) is 0 Å². The molecule has 2 N–H and O–H groups in total. The Kier molecular flexibility index (Phi) is 5.31. The van der Waals surface area contributed by atoms with Crippen LogP contribution in [0.2, 0.25) is 0 Å². The lowest BCUT2D eigenvalue weighted by atomic mass is 10.1. The van der Waals surface area contributed by atoms with Gasteiger partial charge in [-0.3, -0.25) is 0 Å². The topological polar surface area (TPSA) is 35.2 Å². The van der Waals surface area contributed by atoms with Crippen LogP contribution in [0.1, 0.15) is 12.0 Å². The molecule has 100 valence electrons. The maximum Gasteiger partial charge on any atom is 0.130 e. The number of ether oxygens (including phenoxy) is 1. The fourth-order valence-electron chi connectivity index (χ4n) is 1.87. The highest BCUT2D eigenvalue weighted by Gasteiger charge is 2.04. The van der Waals surface area contributed by atoms with E-state index in [0.29, 0.717) is 6.54 Å². The van der Waals surface area contributed by atoms with E-state index >= 15 is 0 Å². The summed E-state index contributed by atoms with van der Waals surface area (Å²) in [5, 5.41) is 0. The van der Waals surface area contributed by atoms with Crippen molar-refractivity contribution in [1.82, 2.24) is 0 Å². The molecule has 0 bridgehead atoms. The second kappa shape index (κ2) is 7.22. The average Bonchev–Trinajstić information content (AvgIpc) is 2.47. The molecule has 0 saturated heterocycles. The molecule has 0 fully saturated rings. The molecule has 0 aliphatic carbocycles. The van der Waals surface area contributed by atoms with Gasteiger partial charge >= 0.3 is 0 Å². The first kappa shape index (κ1) is 14.0. The molecule has 2 nitrogen and oxygen atoms in total. The van der Waals surface area contributed by atoms with Crippen LogP contribution >= 0.6 is 11.8 Å². The van der Waals surface area contributed by atoms with Crippen LogP contribution in [0.4, 0.5) is 0 Å². The van der Waals surface area contributed by atoms with Crippen molar-refractivity contribution in [3.63, 3.8) is 0 Å². The van der Waals surface area contributed by atoms with E-state index in [2.05, 4.69) is 24.5 Å². The number of hydrogen-bond acceptors (Lipinski definition) is 3. The van der Waals surface area contributed by atoms with Gasteiger partial charge in [0.1, 0.15) is 11.5 Å². The zero-order valence-corrected chi connectivity index (χ0v) is 12.0.